The summed E-state index contributed by atoms with van der Waals surface area (Å²) in [6.07, 6.45) is 0. The number of halogens is 2. The fourth-order valence-corrected chi connectivity index (χ4v) is 1.90. The van der Waals surface area contributed by atoms with Crippen molar-refractivity contribution in [2.75, 3.05) is 5.32 Å². The summed E-state index contributed by atoms with van der Waals surface area (Å²) in [5.41, 5.74) is 1.62. The molecule has 0 aliphatic rings. The molecule has 1 amide bonds. The first-order chi connectivity index (χ1) is 8.95. The van der Waals surface area contributed by atoms with Crippen LogP contribution in [-0.4, -0.2) is 15.9 Å². The zero-order valence-corrected chi connectivity index (χ0v) is 11.9. The summed E-state index contributed by atoms with van der Waals surface area (Å²) in [7, 11) is 0. The summed E-state index contributed by atoms with van der Waals surface area (Å²) in [6, 6.07) is 6.51. The monoisotopic (exact) mass is 295 g/mol. The van der Waals surface area contributed by atoms with Crippen molar-refractivity contribution in [2.24, 2.45) is 0 Å². The Morgan fingerprint density at radius 2 is 1.84 bits per heavy atom. The van der Waals surface area contributed by atoms with E-state index in [-0.39, 0.29) is 5.91 Å². The summed E-state index contributed by atoms with van der Waals surface area (Å²) in [5.74, 6) is 0.242. The predicted molar refractivity (Wildman–Crippen MR) is 75.9 cm³/mol. The minimum atomic E-state index is -0.313. The number of aromatic nitrogens is 2. The highest BCUT2D eigenvalue weighted by Crippen LogP contribution is 2.25. The number of carbonyl (C=O) groups excluding carboxylic acids is 1. The molecule has 0 saturated heterocycles. The Hall–Kier alpha value is -1.65. The van der Waals surface area contributed by atoms with Gasteiger partial charge >= 0.3 is 0 Å². The molecule has 2 rings (SSSR count). The summed E-state index contributed by atoms with van der Waals surface area (Å²) >= 11 is 11.7. The second-order valence-electron chi connectivity index (χ2n) is 4.02. The largest absolute Gasteiger partial charge is 0.321 e. The van der Waals surface area contributed by atoms with Crippen molar-refractivity contribution in [3.05, 3.63) is 51.5 Å². The quantitative estimate of drug-likeness (QED) is 0.920. The molecule has 0 fully saturated rings. The molecular weight excluding hydrogens is 285 g/mol. The second kappa shape index (κ2) is 5.55. The highest BCUT2D eigenvalue weighted by molar-refractivity contribution is 6.42. The van der Waals surface area contributed by atoms with Gasteiger partial charge in [-0.25, -0.2) is 9.97 Å². The number of nitrogens with one attached hydrogen (secondary N) is 1. The molecule has 4 nitrogen and oxygen atoms in total. The van der Waals surface area contributed by atoms with E-state index in [1.807, 2.05) is 6.92 Å². The SMILES string of the molecule is Cc1cc(C(=O)Nc2ccc(Cl)c(Cl)c2)nc(C)n1. The van der Waals surface area contributed by atoms with E-state index in [9.17, 15) is 4.79 Å². The zero-order chi connectivity index (χ0) is 14.0. The van der Waals surface area contributed by atoms with Gasteiger partial charge in [0.05, 0.1) is 10.0 Å². The van der Waals surface area contributed by atoms with E-state index < -0.39 is 0 Å². The zero-order valence-electron chi connectivity index (χ0n) is 10.4. The molecule has 0 spiro atoms. The number of aryl methyl sites for hydroxylation is 2. The Bertz CT molecular complexity index is 624. The van der Waals surface area contributed by atoms with Crippen LogP contribution in [0, 0.1) is 13.8 Å². The molecule has 0 aliphatic heterocycles. The maximum absolute atomic E-state index is 12.0. The molecule has 0 aliphatic carbocycles. The Morgan fingerprint density at radius 3 is 2.47 bits per heavy atom. The Morgan fingerprint density at radius 1 is 1.11 bits per heavy atom. The standard InChI is InChI=1S/C13H11Cl2N3O/c1-7-5-12(17-8(2)16-7)13(19)18-9-3-4-10(14)11(15)6-9/h3-6H,1-2H3,(H,18,19). The van der Waals surface area contributed by atoms with E-state index in [1.165, 1.54) is 0 Å². The van der Waals surface area contributed by atoms with Crippen LogP contribution in [0.15, 0.2) is 24.3 Å². The lowest BCUT2D eigenvalue weighted by molar-refractivity contribution is 0.102. The molecule has 2 aromatic rings. The second-order valence-corrected chi connectivity index (χ2v) is 4.84. The Balaban J connectivity index is 2.22. The molecule has 1 aromatic heterocycles. The Kier molecular flexibility index (Phi) is 4.02. The van der Waals surface area contributed by atoms with Gasteiger partial charge in [0.2, 0.25) is 0 Å². The highest BCUT2D eigenvalue weighted by atomic mass is 35.5. The number of carbonyl (C=O) groups is 1. The molecule has 98 valence electrons. The normalized spacial score (nSPS) is 10.3. The van der Waals surface area contributed by atoms with Gasteiger partial charge in [-0.1, -0.05) is 23.2 Å². The van der Waals surface area contributed by atoms with E-state index in [2.05, 4.69) is 15.3 Å². The number of rotatable bonds is 2. The summed E-state index contributed by atoms with van der Waals surface area (Å²) in [6.45, 7) is 3.55. The van der Waals surface area contributed by atoms with E-state index >= 15 is 0 Å². The number of nitrogens with zero attached hydrogens (tertiary/aromatic N) is 2. The summed E-state index contributed by atoms with van der Waals surface area (Å²) < 4.78 is 0. The van der Waals surface area contributed by atoms with Gasteiger partial charge in [-0.3, -0.25) is 4.79 Å². The lowest BCUT2D eigenvalue weighted by Crippen LogP contribution is -2.15. The average molecular weight is 296 g/mol. The Labute approximate surface area is 120 Å². The molecule has 0 saturated carbocycles. The van der Waals surface area contributed by atoms with Crippen LogP contribution in [0.5, 0.6) is 0 Å². The lowest BCUT2D eigenvalue weighted by atomic mass is 10.2. The van der Waals surface area contributed by atoms with Crippen LogP contribution >= 0.6 is 23.2 Å². The van der Waals surface area contributed by atoms with Gasteiger partial charge in [0.15, 0.2) is 0 Å². The first kappa shape index (κ1) is 13.8. The third-order valence-corrected chi connectivity index (χ3v) is 3.12. The van der Waals surface area contributed by atoms with E-state index in [4.69, 9.17) is 23.2 Å². The molecule has 6 heteroatoms. The summed E-state index contributed by atoms with van der Waals surface area (Å²) in [4.78, 5) is 20.2. The fraction of sp³-hybridized carbons (Fsp3) is 0.154. The number of anilines is 1. The van der Waals surface area contributed by atoms with Crippen molar-refractivity contribution >= 4 is 34.8 Å². The molecular formula is C13H11Cl2N3O. The molecule has 0 bridgehead atoms. The average Bonchev–Trinajstić information content (AvgIpc) is 2.32. The van der Waals surface area contributed by atoms with Gasteiger partial charge in [-0.05, 0) is 38.1 Å². The van der Waals surface area contributed by atoms with Crippen molar-refractivity contribution < 1.29 is 4.79 Å². The molecule has 0 atom stereocenters. The third kappa shape index (κ3) is 3.43. The fourth-order valence-electron chi connectivity index (χ4n) is 1.60. The molecule has 1 aromatic carbocycles. The minimum Gasteiger partial charge on any atom is -0.321 e. The molecule has 0 radical (unpaired) electrons. The van der Waals surface area contributed by atoms with Crippen molar-refractivity contribution in [1.29, 1.82) is 0 Å². The van der Waals surface area contributed by atoms with E-state index in [0.29, 0.717) is 27.3 Å². The van der Waals surface area contributed by atoms with Crippen molar-refractivity contribution in [3.63, 3.8) is 0 Å². The highest BCUT2D eigenvalue weighted by Gasteiger charge is 2.10. The van der Waals surface area contributed by atoms with Crippen molar-refractivity contribution in [3.8, 4) is 0 Å². The van der Waals surface area contributed by atoms with Crippen molar-refractivity contribution in [2.45, 2.75) is 13.8 Å². The molecule has 1 heterocycles. The maximum Gasteiger partial charge on any atom is 0.274 e. The lowest BCUT2D eigenvalue weighted by Gasteiger charge is -2.07. The van der Waals surface area contributed by atoms with Crippen LogP contribution < -0.4 is 5.32 Å². The van der Waals surface area contributed by atoms with Gasteiger partial charge < -0.3 is 5.32 Å². The van der Waals surface area contributed by atoms with Gasteiger partial charge in [0.25, 0.3) is 5.91 Å². The van der Waals surface area contributed by atoms with Crippen molar-refractivity contribution in [1.82, 2.24) is 9.97 Å². The molecule has 0 unspecified atom stereocenters. The first-order valence-corrected chi connectivity index (χ1v) is 6.30. The van der Waals surface area contributed by atoms with E-state index in [0.717, 1.165) is 5.69 Å². The minimum absolute atomic E-state index is 0.313. The van der Waals surface area contributed by atoms with Gasteiger partial charge in [-0.15, -0.1) is 0 Å². The van der Waals surface area contributed by atoms with Crippen LogP contribution in [0.1, 0.15) is 22.0 Å². The molecule has 19 heavy (non-hydrogen) atoms. The van der Waals surface area contributed by atoms with Crippen LogP contribution in [0.3, 0.4) is 0 Å². The van der Waals surface area contributed by atoms with Crippen LogP contribution in [0.2, 0.25) is 10.0 Å². The predicted octanol–water partition coefficient (Wildman–Crippen LogP) is 3.65. The first-order valence-electron chi connectivity index (χ1n) is 5.54. The topological polar surface area (TPSA) is 54.9 Å². The van der Waals surface area contributed by atoms with Crippen LogP contribution in [0.25, 0.3) is 0 Å². The number of hydrogen-bond acceptors (Lipinski definition) is 3. The van der Waals surface area contributed by atoms with Gasteiger partial charge in [0.1, 0.15) is 11.5 Å². The number of amides is 1. The molecule has 1 N–H and O–H groups in total. The van der Waals surface area contributed by atoms with Crippen LogP contribution in [-0.2, 0) is 0 Å². The van der Waals surface area contributed by atoms with Gasteiger partial charge in [-0.2, -0.15) is 0 Å². The van der Waals surface area contributed by atoms with Crippen LogP contribution in [0.4, 0.5) is 5.69 Å². The number of benzene rings is 1. The maximum atomic E-state index is 12.0. The van der Waals surface area contributed by atoms with E-state index in [1.54, 1.807) is 31.2 Å². The van der Waals surface area contributed by atoms with Gasteiger partial charge in [0, 0.05) is 11.4 Å². The summed E-state index contributed by atoms with van der Waals surface area (Å²) in [5, 5.41) is 3.53. The number of hydrogen-bond donors (Lipinski definition) is 1. The smallest absolute Gasteiger partial charge is 0.274 e. The third-order valence-electron chi connectivity index (χ3n) is 2.38.